The molecule has 1 aliphatic carbocycles. The molecule has 0 aliphatic heterocycles. The first kappa shape index (κ1) is 21.0. The van der Waals surface area contributed by atoms with Crippen molar-refractivity contribution in [3.05, 3.63) is 40.3 Å². The van der Waals surface area contributed by atoms with Crippen LogP contribution in [0.4, 0.5) is 5.00 Å². The Bertz CT molecular complexity index is 1100. The molecule has 0 fully saturated rings. The number of hydrogen-bond acceptors (Lipinski definition) is 5. The molecule has 1 aromatic carbocycles. The molecule has 3 aromatic rings. The zero-order valence-corrected chi connectivity index (χ0v) is 19.3. The third-order valence-electron chi connectivity index (χ3n) is 5.86. The van der Waals surface area contributed by atoms with E-state index in [1.807, 2.05) is 31.2 Å². The predicted octanol–water partition coefficient (Wildman–Crippen LogP) is 5.77. The van der Waals surface area contributed by atoms with Gasteiger partial charge in [0.1, 0.15) is 11.1 Å². The van der Waals surface area contributed by atoms with Gasteiger partial charge < -0.3 is 10.3 Å². The van der Waals surface area contributed by atoms with Crippen LogP contribution in [0.15, 0.2) is 29.4 Å². The van der Waals surface area contributed by atoms with E-state index in [0.717, 1.165) is 41.0 Å². The zero-order valence-electron chi connectivity index (χ0n) is 17.7. The SMILES string of the molecule is CC(Sc1nc2ccccc2[nH]1)C(=O)Nc1sc2c(c1C#N)CCC(C(C)(C)C)C2. The molecule has 0 bridgehead atoms. The Morgan fingerprint density at radius 2 is 2.17 bits per heavy atom. The Hall–Kier alpha value is -2.30. The van der Waals surface area contributed by atoms with Crippen molar-refractivity contribution in [1.29, 1.82) is 5.26 Å². The van der Waals surface area contributed by atoms with Gasteiger partial charge >= 0.3 is 0 Å². The van der Waals surface area contributed by atoms with E-state index >= 15 is 0 Å². The molecular weight excluding hydrogens is 412 g/mol. The van der Waals surface area contributed by atoms with E-state index in [9.17, 15) is 10.1 Å². The summed E-state index contributed by atoms with van der Waals surface area (Å²) in [5, 5.41) is 13.8. The minimum absolute atomic E-state index is 0.108. The van der Waals surface area contributed by atoms with Crippen molar-refractivity contribution in [2.45, 2.75) is 57.4 Å². The fourth-order valence-corrected chi connectivity index (χ4v) is 6.05. The first-order valence-corrected chi connectivity index (χ1v) is 11.9. The second-order valence-corrected chi connectivity index (χ2v) is 11.4. The smallest absolute Gasteiger partial charge is 0.238 e. The number of carbonyl (C=O) groups excluding carboxylic acids is 1. The molecule has 2 heterocycles. The third kappa shape index (κ3) is 4.12. The standard InChI is InChI=1S/C23H26N4OS2/c1-13(29-22-25-17-7-5-6-8-18(17)26-22)20(28)27-21-16(12-24)15-10-9-14(23(2,3)4)11-19(15)30-21/h5-8,13-14H,9-11H2,1-4H3,(H,25,26)(H,27,28). The van der Waals surface area contributed by atoms with Gasteiger partial charge in [-0.2, -0.15) is 5.26 Å². The molecular formula is C23H26N4OS2. The highest BCUT2D eigenvalue weighted by molar-refractivity contribution is 8.00. The van der Waals surface area contributed by atoms with Crippen LogP contribution in [0.5, 0.6) is 0 Å². The Kier molecular flexibility index (Phi) is 5.65. The number of benzene rings is 1. The molecule has 2 unspecified atom stereocenters. The van der Waals surface area contributed by atoms with Crippen LogP contribution < -0.4 is 5.32 Å². The van der Waals surface area contributed by atoms with Crippen molar-refractivity contribution < 1.29 is 4.79 Å². The molecule has 2 N–H and O–H groups in total. The molecule has 30 heavy (non-hydrogen) atoms. The summed E-state index contributed by atoms with van der Waals surface area (Å²) in [6.45, 7) is 8.70. The number of imidazole rings is 1. The van der Waals surface area contributed by atoms with Crippen molar-refractivity contribution in [2.24, 2.45) is 11.3 Å². The second kappa shape index (κ2) is 8.09. The summed E-state index contributed by atoms with van der Waals surface area (Å²) in [5.74, 6) is 0.490. The van der Waals surface area contributed by atoms with Crippen molar-refractivity contribution in [3.63, 3.8) is 0 Å². The monoisotopic (exact) mass is 438 g/mol. The summed E-state index contributed by atoms with van der Waals surface area (Å²) >= 11 is 2.97. The Morgan fingerprint density at radius 1 is 1.40 bits per heavy atom. The van der Waals surface area contributed by atoms with Crippen LogP contribution in [0.3, 0.4) is 0 Å². The molecule has 7 heteroatoms. The molecule has 2 atom stereocenters. The van der Waals surface area contributed by atoms with Crippen LogP contribution in [-0.2, 0) is 17.6 Å². The number of nitrogens with one attached hydrogen (secondary N) is 2. The van der Waals surface area contributed by atoms with Gasteiger partial charge in [0.25, 0.3) is 0 Å². The normalized spacial score (nSPS) is 17.4. The summed E-state index contributed by atoms with van der Waals surface area (Å²) < 4.78 is 0. The van der Waals surface area contributed by atoms with Gasteiger partial charge in [-0.3, -0.25) is 4.79 Å². The first-order chi connectivity index (χ1) is 14.3. The van der Waals surface area contributed by atoms with Crippen LogP contribution in [0.25, 0.3) is 11.0 Å². The summed E-state index contributed by atoms with van der Waals surface area (Å²) in [5.41, 5.74) is 3.88. The summed E-state index contributed by atoms with van der Waals surface area (Å²) in [7, 11) is 0. The Morgan fingerprint density at radius 3 is 2.87 bits per heavy atom. The summed E-state index contributed by atoms with van der Waals surface area (Å²) in [6.07, 6.45) is 2.99. The number of thiophene rings is 1. The van der Waals surface area contributed by atoms with E-state index < -0.39 is 0 Å². The van der Waals surface area contributed by atoms with E-state index in [1.54, 1.807) is 11.3 Å². The van der Waals surface area contributed by atoms with Gasteiger partial charge in [-0.05, 0) is 55.2 Å². The van der Waals surface area contributed by atoms with E-state index in [1.165, 1.54) is 16.6 Å². The Balaban J connectivity index is 1.49. The molecule has 5 nitrogen and oxygen atoms in total. The zero-order chi connectivity index (χ0) is 21.5. The number of para-hydroxylation sites is 2. The number of anilines is 1. The van der Waals surface area contributed by atoms with Crippen molar-refractivity contribution >= 4 is 45.0 Å². The number of nitriles is 1. The van der Waals surface area contributed by atoms with Crippen LogP contribution >= 0.6 is 23.1 Å². The minimum atomic E-state index is -0.335. The number of aromatic amines is 1. The highest BCUT2D eigenvalue weighted by Crippen LogP contribution is 2.44. The number of fused-ring (bicyclic) bond motifs is 2. The van der Waals surface area contributed by atoms with E-state index in [-0.39, 0.29) is 16.6 Å². The molecule has 0 spiro atoms. The van der Waals surface area contributed by atoms with Crippen LogP contribution in [0, 0.1) is 22.7 Å². The molecule has 0 radical (unpaired) electrons. The number of rotatable bonds is 4. The number of hydrogen-bond donors (Lipinski definition) is 2. The molecule has 0 saturated heterocycles. The van der Waals surface area contributed by atoms with Gasteiger partial charge in [0, 0.05) is 4.88 Å². The van der Waals surface area contributed by atoms with E-state index in [4.69, 9.17) is 0 Å². The predicted molar refractivity (Wildman–Crippen MR) is 124 cm³/mol. The second-order valence-electron chi connectivity index (χ2n) is 8.93. The number of thioether (sulfide) groups is 1. The van der Waals surface area contributed by atoms with Crippen LogP contribution in [0.2, 0.25) is 0 Å². The number of aromatic nitrogens is 2. The van der Waals surface area contributed by atoms with Crippen molar-refractivity contribution in [2.75, 3.05) is 5.32 Å². The largest absolute Gasteiger partial charge is 0.333 e. The average molecular weight is 439 g/mol. The molecule has 1 aliphatic rings. The summed E-state index contributed by atoms with van der Waals surface area (Å²) in [6, 6.07) is 10.2. The number of amides is 1. The lowest BCUT2D eigenvalue weighted by Gasteiger charge is -2.33. The topological polar surface area (TPSA) is 81.6 Å². The van der Waals surface area contributed by atoms with Crippen molar-refractivity contribution in [3.8, 4) is 6.07 Å². The van der Waals surface area contributed by atoms with E-state index in [2.05, 4.69) is 42.1 Å². The maximum absolute atomic E-state index is 12.9. The lowest BCUT2D eigenvalue weighted by Crippen LogP contribution is -2.26. The van der Waals surface area contributed by atoms with E-state index in [0.29, 0.717) is 16.5 Å². The molecule has 0 saturated carbocycles. The highest BCUT2D eigenvalue weighted by atomic mass is 32.2. The minimum Gasteiger partial charge on any atom is -0.333 e. The average Bonchev–Trinajstić information content (AvgIpc) is 3.26. The fraction of sp³-hybridized carbons (Fsp3) is 0.435. The van der Waals surface area contributed by atoms with Gasteiger partial charge in [0.05, 0.1) is 21.8 Å². The molecule has 156 valence electrons. The lowest BCUT2D eigenvalue weighted by molar-refractivity contribution is -0.115. The van der Waals surface area contributed by atoms with Gasteiger partial charge in [0.15, 0.2) is 5.16 Å². The maximum atomic E-state index is 12.9. The molecule has 4 rings (SSSR count). The van der Waals surface area contributed by atoms with Gasteiger partial charge in [-0.15, -0.1) is 11.3 Å². The third-order valence-corrected chi connectivity index (χ3v) is 8.02. The lowest BCUT2D eigenvalue weighted by atomic mass is 9.72. The number of carbonyl (C=O) groups is 1. The van der Waals surface area contributed by atoms with Gasteiger partial charge in [0.2, 0.25) is 5.91 Å². The Labute approximate surface area is 185 Å². The molecule has 2 aromatic heterocycles. The van der Waals surface area contributed by atoms with Gasteiger partial charge in [-0.1, -0.05) is 44.7 Å². The maximum Gasteiger partial charge on any atom is 0.238 e. The number of H-pyrrole nitrogens is 1. The first-order valence-electron chi connectivity index (χ1n) is 10.2. The van der Waals surface area contributed by atoms with Gasteiger partial charge in [-0.25, -0.2) is 4.98 Å². The quantitative estimate of drug-likeness (QED) is 0.507. The van der Waals surface area contributed by atoms with Crippen LogP contribution in [-0.4, -0.2) is 21.1 Å². The summed E-state index contributed by atoms with van der Waals surface area (Å²) in [4.78, 5) is 21.9. The number of nitrogens with zero attached hydrogens (tertiary/aromatic N) is 2. The fourth-order valence-electron chi connectivity index (χ4n) is 3.95. The molecule has 1 amide bonds. The van der Waals surface area contributed by atoms with Crippen LogP contribution in [0.1, 0.15) is 50.1 Å². The van der Waals surface area contributed by atoms with Crippen molar-refractivity contribution in [1.82, 2.24) is 9.97 Å². The highest BCUT2D eigenvalue weighted by Gasteiger charge is 2.32.